The molecule has 4 aromatic rings. The van der Waals surface area contributed by atoms with Crippen molar-refractivity contribution in [1.82, 2.24) is 9.55 Å². The molecule has 4 rings (SSSR count). The van der Waals surface area contributed by atoms with Gasteiger partial charge in [-0.25, -0.2) is 4.98 Å². The zero-order chi connectivity index (χ0) is 20.4. The standard InChI is InChI=1S/C22H19N3O3S/c1-24(16-6-4-3-5-7-16)19(26)12-25-14-23-20-18(13-29-21(20)22(25)27)15-8-10-17(28-2)11-9-15/h3-11,13-14H,12H2,1-2H3. The van der Waals surface area contributed by atoms with Crippen molar-refractivity contribution in [2.24, 2.45) is 0 Å². The molecule has 0 spiro atoms. The first-order valence-corrected chi connectivity index (χ1v) is 9.89. The minimum Gasteiger partial charge on any atom is -0.497 e. The number of hydrogen-bond donors (Lipinski definition) is 0. The molecule has 0 unspecified atom stereocenters. The number of aromatic nitrogens is 2. The summed E-state index contributed by atoms with van der Waals surface area (Å²) >= 11 is 1.34. The van der Waals surface area contributed by atoms with E-state index in [0.29, 0.717) is 10.2 Å². The molecule has 0 bridgehead atoms. The number of para-hydroxylation sites is 1. The lowest BCUT2D eigenvalue weighted by Gasteiger charge is -2.17. The summed E-state index contributed by atoms with van der Waals surface area (Å²) in [6, 6.07) is 16.9. The average Bonchev–Trinajstić information content (AvgIpc) is 3.20. The molecular formula is C22H19N3O3S. The van der Waals surface area contributed by atoms with Crippen molar-refractivity contribution in [2.45, 2.75) is 6.54 Å². The van der Waals surface area contributed by atoms with Crippen LogP contribution in [0.1, 0.15) is 0 Å². The SMILES string of the molecule is COc1ccc(-c2csc3c(=O)n(CC(=O)N(C)c4ccccc4)cnc23)cc1. The van der Waals surface area contributed by atoms with Crippen molar-refractivity contribution in [3.05, 3.63) is 76.7 Å². The second-order valence-corrected chi connectivity index (χ2v) is 7.40. The Labute approximate surface area is 171 Å². The van der Waals surface area contributed by atoms with E-state index in [4.69, 9.17) is 4.74 Å². The lowest BCUT2D eigenvalue weighted by Crippen LogP contribution is -2.33. The molecule has 0 fully saturated rings. The maximum Gasteiger partial charge on any atom is 0.271 e. The van der Waals surface area contributed by atoms with Crippen molar-refractivity contribution in [2.75, 3.05) is 19.1 Å². The third-order valence-electron chi connectivity index (χ3n) is 4.77. The number of ether oxygens (including phenoxy) is 1. The number of carbonyl (C=O) groups excluding carboxylic acids is 1. The summed E-state index contributed by atoms with van der Waals surface area (Å²) in [5, 5.41) is 1.92. The Morgan fingerprint density at radius 3 is 2.55 bits per heavy atom. The highest BCUT2D eigenvalue weighted by Gasteiger charge is 2.16. The van der Waals surface area contributed by atoms with Crippen molar-refractivity contribution in [3.63, 3.8) is 0 Å². The molecule has 0 N–H and O–H groups in total. The quantitative estimate of drug-likeness (QED) is 0.507. The van der Waals surface area contributed by atoms with E-state index >= 15 is 0 Å². The Morgan fingerprint density at radius 1 is 1.14 bits per heavy atom. The number of likely N-dealkylation sites (N-methyl/N-ethyl adjacent to an activating group) is 1. The van der Waals surface area contributed by atoms with E-state index in [0.717, 1.165) is 22.6 Å². The van der Waals surface area contributed by atoms with E-state index in [2.05, 4.69) is 4.98 Å². The van der Waals surface area contributed by atoms with Gasteiger partial charge in [0.05, 0.1) is 19.0 Å². The van der Waals surface area contributed by atoms with E-state index in [1.807, 2.05) is 60.0 Å². The predicted octanol–water partition coefficient (Wildman–Crippen LogP) is 3.80. The third-order valence-corrected chi connectivity index (χ3v) is 5.73. The summed E-state index contributed by atoms with van der Waals surface area (Å²) in [5.74, 6) is 0.580. The number of fused-ring (bicyclic) bond motifs is 1. The number of benzene rings is 2. The second kappa shape index (κ2) is 7.89. The predicted molar refractivity (Wildman–Crippen MR) is 116 cm³/mol. The second-order valence-electron chi connectivity index (χ2n) is 6.52. The largest absolute Gasteiger partial charge is 0.497 e. The molecule has 6 nitrogen and oxygen atoms in total. The van der Waals surface area contributed by atoms with Crippen LogP contribution in [0.3, 0.4) is 0 Å². The molecule has 0 saturated carbocycles. The third kappa shape index (κ3) is 3.64. The normalized spacial score (nSPS) is 10.8. The molecule has 7 heteroatoms. The molecule has 0 aliphatic carbocycles. The van der Waals surface area contributed by atoms with Crippen LogP contribution in [0.25, 0.3) is 21.3 Å². The Hall–Kier alpha value is -3.45. The molecule has 0 aliphatic heterocycles. The fourth-order valence-corrected chi connectivity index (χ4v) is 4.05. The van der Waals surface area contributed by atoms with Gasteiger partial charge in [0, 0.05) is 23.7 Å². The number of nitrogens with zero attached hydrogens (tertiary/aromatic N) is 3. The highest BCUT2D eigenvalue weighted by atomic mass is 32.1. The topological polar surface area (TPSA) is 64.4 Å². The molecule has 2 aromatic heterocycles. The van der Waals surface area contributed by atoms with Crippen LogP contribution in [-0.4, -0.2) is 29.6 Å². The summed E-state index contributed by atoms with van der Waals surface area (Å²) < 4.78 is 7.09. The Morgan fingerprint density at radius 2 is 1.86 bits per heavy atom. The Kier molecular flexibility index (Phi) is 5.14. The molecule has 1 amide bonds. The zero-order valence-electron chi connectivity index (χ0n) is 16.0. The minimum atomic E-state index is -0.213. The smallest absolute Gasteiger partial charge is 0.271 e. The summed E-state index contributed by atoms with van der Waals surface area (Å²) in [6.45, 7) is -0.0665. The molecule has 0 atom stereocenters. The van der Waals surface area contributed by atoms with Crippen LogP contribution >= 0.6 is 11.3 Å². The van der Waals surface area contributed by atoms with E-state index in [-0.39, 0.29) is 18.0 Å². The van der Waals surface area contributed by atoms with Gasteiger partial charge in [-0.05, 0) is 29.8 Å². The molecule has 0 radical (unpaired) electrons. The maximum absolute atomic E-state index is 12.9. The number of hydrogen-bond acceptors (Lipinski definition) is 5. The van der Waals surface area contributed by atoms with Gasteiger partial charge in [-0.2, -0.15) is 0 Å². The van der Waals surface area contributed by atoms with Gasteiger partial charge < -0.3 is 9.64 Å². The number of thiophene rings is 1. The van der Waals surface area contributed by atoms with Crippen molar-refractivity contribution in [3.8, 4) is 16.9 Å². The van der Waals surface area contributed by atoms with Gasteiger partial charge in [-0.1, -0.05) is 30.3 Å². The van der Waals surface area contributed by atoms with Crippen LogP contribution in [0.5, 0.6) is 5.75 Å². The summed E-state index contributed by atoms with van der Waals surface area (Å²) in [6.07, 6.45) is 1.45. The fraction of sp³-hybridized carbons (Fsp3) is 0.136. The number of anilines is 1. The van der Waals surface area contributed by atoms with Crippen molar-refractivity contribution in [1.29, 1.82) is 0 Å². The first-order valence-electron chi connectivity index (χ1n) is 9.01. The number of amides is 1. The Balaban J connectivity index is 1.63. The number of rotatable bonds is 5. The van der Waals surface area contributed by atoms with Gasteiger partial charge in [-0.15, -0.1) is 11.3 Å². The van der Waals surface area contributed by atoms with E-state index in [1.165, 1.54) is 27.1 Å². The first kappa shape index (κ1) is 18.9. The van der Waals surface area contributed by atoms with Gasteiger partial charge in [-0.3, -0.25) is 14.2 Å². The molecular weight excluding hydrogens is 386 g/mol. The number of carbonyl (C=O) groups is 1. The van der Waals surface area contributed by atoms with E-state index in [1.54, 1.807) is 14.2 Å². The molecule has 0 saturated heterocycles. The molecule has 146 valence electrons. The van der Waals surface area contributed by atoms with Gasteiger partial charge in [0.1, 0.15) is 17.0 Å². The van der Waals surface area contributed by atoms with Gasteiger partial charge in [0.15, 0.2) is 0 Å². The van der Waals surface area contributed by atoms with Crippen molar-refractivity contribution < 1.29 is 9.53 Å². The monoisotopic (exact) mass is 405 g/mol. The highest BCUT2D eigenvalue weighted by Crippen LogP contribution is 2.31. The van der Waals surface area contributed by atoms with Crippen molar-refractivity contribution >= 4 is 33.1 Å². The summed E-state index contributed by atoms with van der Waals surface area (Å²) in [5.41, 5.74) is 3.06. The van der Waals surface area contributed by atoms with Crippen LogP contribution in [0.4, 0.5) is 5.69 Å². The van der Waals surface area contributed by atoms with Crippen LogP contribution in [0.15, 0.2) is 71.1 Å². The van der Waals surface area contributed by atoms with Crippen LogP contribution in [0.2, 0.25) is 0 Å². The van der Waals surface area contributed by atoms with Gasteiger partial charge >= 0.3 is 0 Å². The zero-order valence-corrected chi connectivity index (χ0v) is 16.8. The molecule has 29 heavy (non-hydrogen) atoms. The van der Waals surface area contributed by atoms with E-state index in [9.17, 15) is 9.59 Å². The molecule has 2 heterocycles. The van der Waals surface area contributed by atoms with Crippen LogP contribution in [-0.2, 0) is 11.3 Å². The number of methoxy groups -OCH3 is 1. The lowest BCUT2D eigenvalue weighted by molar-refractivity contribution is -0.118. The van der Waals surface area contributed by atoms with Gasteiger partial charge in [0.25, 0.3) is 5.56 Å². The first-order chi connectivity index (χ1) is 14.1. The average molecular weight is 405 g/mol. The fourth-order valence-electron chi connectivity index (χ4n) is 3.08. The van der Waals surface area contributed by atoms with Crippen LogP contribution < -0.4 is 15.2 Å². The molecule has 0 aliphatic rings. The molecule has 2 aromatic carbocycles. The highest BCUT2D eigenvalue weighted by molar-refractivity contribution is 7.17. The summed E-state index contributed by atoms with van der Waals surface area (Å²) in [7, 11) is 3.32. The van der Waals surface area contributed by atoms with E-state index < -0.39 is 0 Å². The summed E-state index contributed by atoms with van der Waals surface area (Å²) in [4.78, 5) is 31.5. The lowest BCUT2D eigenvalue weighted by atomic mass is 10.1. The Bertz CT molecular complexity index is 1210. The minimum absolute atomic E-state index is 0.0665. The van der Waals surface area contributed by atoms with Crippen LogP contribution in [0, 0.1) is 0 Å². The van der Waals surface area contributed by atoms with Gasteiger partial charge in [0.2, 0.25) is 5.91 Å². The maximum atomic E-state index is 12.9.